The average Bonchev–Trinajstić information content (AvgIpc) is 1.59. The molecular formula is C6H15ClS. The summed E-state index contributed by atoms with van der Waals surface area (Å²) in [7, 11) is -0.271. The maximum Gasteiger partial charge on any atom is 0.0230 e. The van der Waals surface area contributed by atoms with Crippen molar-refractivity contribution in [2.45, 2.75) is 6.42 Å². The Labute approximate surface area is 58.9 Å². The van der Waals surface area contributed by atoms with Gasteiger partial charge in [0, 0.05) is 5.88 Å². The first-order valence-electron chi connectivity index (χ1n) is 2.78. The zero-order chi connectivity index (χ0) is 6.62. The molecule has 0 nitrogen and oxygen atoms in total. The number of hydrogen-bond donors (Lipinski definition) is 0. The zero-order valence-corrected chi connectivity index (χ0v) is 7.48. The molecule has 0 aromatic rings. The molecule has 0 N–H and O–H groups in total. The highest BCUT2D eigenvalue weighted by Crippen LogP contribution is 2.34. The van der Waals surface area contributed by atoms with Gasteiger partial charge in [-0.2, -0.15) is 0 Å². The van der Waals surface area contributed by atoms with Crippen LogP contribution in [-0.2, 0) is 0 Å². The predicted octanol–water partition coefficient (Wildman–Crippen LogP) is 2.31. The molecule has 0 saturated heterocycles. The van der Waals surface area contributed by atoms with E-state index in [2.05, 4.69) is 18.8 Å². The zero-order valence-electron chi connectivity index (χ0n) is 5.91. The highest BCUT2D eigenvalue weighted by atomic mass is 35.5. The summed E-state index contributed by atoms with van der Waals surface area (Å²) in [5.41, 5.74) is 0. The Hall–Kier alpha value is 0.640. The molecule has 0 rings (SSSR count). The molecule has 0 bridgehead atoms. The van der Waals surface area contributed by atoms with E-state index in [9.17, 15) is 0 Å². The Kier molecular flexibility index (Phi) is 3.91. The Morgan fingerprint density at radius 3 is 1.88 bits per heavy atom. The molecule has 0 heterocycles. The van der Waals surface area contributed by atoms with Gasteiger partial charge in [0.05, 0.1) is 0 Å². The van der Waals surface area contributed by atoms with Crippen LogP contribution in [0, 0.1) is 0 Å². The molecule has 52 valence electrons. The Morgan fingerprint density at radius 2 is 1.75 bits per heavy atom. The predicted molar refractivity (Wildman–Crippen MR) is 45.6 cm³/mol. The topological polar surface area (TPSA) is 0 Å². The maximum absolute atomic E-state index is 5.52. The van der Waals surface area contributed by atoms with E-state index in [1.807, 2.05) is 0 Å². The fraction of sp³-hybridized carbons (Fsp3) is 1.00. The van der Waals surface area contributed by atoms with Crippen LogP contribution < -0.4 is 0 Å². The van der Waals surface area contributed by atoms with Gasteiger partial charge < -0.3 is 0 Å². The standard InChI is InChI=1S/C6H15ClS/c1-8(2,3)6-4-5-7/h4-6H2,1-3H3. The van der Waals surface area contributed by atoms with Crippen molar-refractivity contribution in [1.29, 1.82) is 0 Å². The number of alkyl halides is 1. The van der Waals surface area contributed by atoms with Crippen LogP contribution in [0.4, 0.5) is 0 Å². The van der Waals surface area contributed by atoms with Crippen molar-refractivity contribution in [1.82, 2.24) is 0 Å². The summed E-state index contributed by atoms with van der Waals surface area (Å²) in [5.74, 6) is 2.14. The van der Waals surface area contributed by atoms with Gasteiger partial charge in [-0.3, -0.25) is 0 Å². The fourth-order valence-electron chi connectivity index (χ4n) is 0.488. The van der Waals surface area contributed by atoms with Gasteiger partial charge in [-0.15, -0.1) is 11.6 Å². The summed E-state index contributed by atoms with van der Waals surface area (Å²) in [6, 6.07) is 0. The van der Waals surface area contributed by atoms with E-state index in [4.69, 9.17) is 11.6 Å². The lowest BCUT2D eigenvalue weighted by Crippen LogP contribution is -1.98. The van der Waals surface area contributed by atoms with E-state index >= 15 is 0 Å². The van der Waals surface area contributed by atoms with E-state index in [-0.39, 0.29) is 10.0 Å². The Bertz CT molecular complexity index is 56.0. The van der Waals surface area contributed by atoms with Crippen LogP contribution in [0.1, 0.15) is 6.42 Å². The normalized spacial score (nSPS) is 14.0. The van der Waals surface area contributed by atoms with Crippen molar-refractivity contribution in [3.63, 3.8) is 0 Å². The van der Waals surface area contributed by atoms with Crippen molar-refractivity contribution in [3.8, 4) is 0 Å². The highest BCUT2D eigenvalue weighted by molar-refractivity contribution is 8.32. The summed E-state index contributed by atoms with van der Waals surface area (Å²) < 4.78 is 0. The van der Waals surface area contributed by atoms with Gasteiger partial charge >= 0.3 is 0 Å². The minimum absolute atomic E-state index is 0.271. The summed E-state index contributed by atoms with van der Waals surface area (Å²) in [6.07, 6.45) is 8.14. The third kappa shape index (κ3) is 6.64. The molecule has 0 aliphatic heterocycles. The summed E-state index contributed by atoms with van der Waals surface area (Å²) in [5, 5.41) is 0. The van der Waals surface area contributed by atoms with Gasteiger partial charge in [-0.05, 0) is 30.9 Å². The monoisotopic (exact) mass is 154 g/mol. The highest BCUT2D eigenvalue weighted by Gasteiger charge is 2.00. The van der Waals surface area contributed by atoms with Gasteiger partial charge in [0.2, 0.25) is 0 Å². The molecule has 0 amide bonds. The Morgan fingerprint density at radius 1 is 1.25 bits per heavy atom. The van der Waals surface area contributed by atoms with E-state index in [0.717, 1.165) is 5.88 Å². The lowest BCUT2D eigenvalue weighted by molar-refractivity contribution is 1.11. The second-order valence-electron chi connectivity index (χ2n) is 2.84. The largest absolute Gasteiger partial charge is 0.250 e. The molecule has 8 heavy (non-hydrogen) atoms. The van der Waals surface area contributed by atoms with Crippen molar-refractivity contribution < 1.29 is 0 Å². The first kappa shape index (κ1) is 8.64. The molecular weight excluding hydrogens is 140 g/mol. The molecule has 2 heteroatoms. The van der Waals surface area contributed by atoms with Crippen LogP contribution in [0.25, 0.3) is 0 Å². The summed E-state index contributed by atoms with van der Waals surface area (Å²) in [4.78, 5) is 0. The minimum Gasteiger partial charge on any atom is -0.250 e. The van der Waals surface area contributed by atoms with Gasteiger partial charge in [0.1, 0.15) is 0 Å². The second kappa shape index (κ2) is 3.62. The van der Waals surface area contributed by atoms with Crippen molar-refractivity contribution in [2.24, 2.45) is 0 Å². The maximum atomic E-state index is 5.52. The molecule has 0 aliphatic carbocycles. The second-order valence-corrected chi connectivity index (χ2v) is 7.81. The first-order chi connectivity index (χ1) is 3.56. The van der Waals surface area contributed by atoms with Gasteiger partial charge in [-0.1, -0.05) is 0 Å². The third-order valence-electron chi connectivity index (χ3n) is 0.890. The van der Waals surface area contributed by atoms with Crippen LogP contribution in [0.2, 0.25) is 0 Å². The van der Waals surface area contributed by atoms with Gasteiger partial charge in [0.25, 0.3) is 0 Å². The van der Waals surface area contributed by atoms with Gasteiger partial charge in [0.15, 0.2) is 0 Å². The van der Waals surface area contributed by atoms with Crippen LogP contribution in [0.15, 0.2) is 0 Å². The minimum atomic E-state index is -0.271. The molecule has 0 aliphatic rings. The van der Waals surface area contributed by atoms with Crippen LogP contribution in [-0.4, -0.2) is 30.4 Å². The number of rotatable bonds is 3. The fourth-order valence-corrected chi connectivity index (χ4v) is 1.79. The lowest BCUT2D eigenvalue weighted by atomic mass is 10.6. The molecule has 0 spiro atoms. The molecule has 0 fully saturated rings. The SMILES string of the molecule is CS(C)(C)CCCCl. The smallest absolute Gasteiger partial charge is 0.0230 e. The lowest BCUT2D eigenvalue weighted by Gasteiger charge is -2.23. The summed E-state index contributed by atoms with van der Waals surface area (Å²) >= 11 is 5.52. The average molecular weight is 155 g/mol. The van der Waals surface area contributed by atoms with Crippen molar-refractivity contribution in [3.05, 3.63) is 0 Å². The Balaban J connectivity index is 3.11. The van der Waals surface area contributed by atoms with Gasteiger partial charge in [-0.25, -0.2) is 10.0 Å². The number of hydrogen-bond acceptors (Lipinski definition) is 0. The summed E-state index contributed by atoms with van der Waals surface area (Å²) in [6.45, 7) is 0. The van der Waals surface area contributed by atoms with E-state index < -0.39 is 0 Å². The first-order valence-corrected chi connectivity index (χ1v) is 6.34. The molecule has 0 saturated carbocycles. The van der Waals surface area contributed by atoms with Crippen molar-refractivity contribution in [2.75, 3.05) is 30.4 Å². The van der Waals surface area contributed by atoms with E-state index in [0.29, 0.717) is 0 Å². The van der Waals surface area contributed by atoms with E-state index in [1.54, 1.807) is 0 Å². The van der Waals surface area contributed by atoms with Crippen molar-refractivity contribution >= 4 is 21.6 Å². The molecule has 0 atom stereocenters. The molecule has 0 unspecified atom stereocenters. The molecule has 0 aromatic carbocycles. The quantitative estimate of drug-likeness (QED) is 0.548. The third-order valence-corrected chi connectivity index (χ3v) is 2.67. The van der Waals surface area contributed by atoms with Crippen LogP contribution >= 0.6 is 21.6 Å². The number of halogens is 1. The molecule has 0 radical (unpaired) electrons. The van der Waals surface area contributed by atoms with Crippen LogP contribution in [0.3, 0.4) is 0 Å². The molecule has 0 aromatic heterocycles. The van der Waals surface area contributed by atoms with E-state index in [1.165, 1.54) is 12.2 Å². The van der Waals surface area contributed by atoms with Crippen LogP contribution in [0.5, 0.6) is 0 Å².